The summed E-state index contributed by atoms with van der Waals surface area (Å²) in [6.45, 7) is 5.99. The zero-order chi connectivity index (χ0) is 28.7. The van der Waals surface area contributed by atoms with Crippen LogP contribution in [0.4, 0.5) is 21.9 Å². The van der Waals surface area contributed by atoms with E-state index in [-0.39, 0.29) is 16.9 Å². The Balaban J connectivity index is 1.51. The molecule has 0 fully saturated rings. The molecule has 206 valence electrons. The first kappa shape index (κ1) is 26.9. The highest BCUT2D eigenvalue weighted by Crippen LogP contribution is 2.39. The number of methoxy groups -OCH3 is 1. The van der Waals surface area contributed by atoms with Gasteiger partial charge in [0.2, 0.25) is 10.0 Å². The van der Waals surface area contributed by atoms with Gasteiger partial charge in [-0.25, -0.2) is 18.2 Å². The van der Waals surface area contributed by atoms with E-state index in [9.17, 15) is 13.2 Å². The Bertz CT molecular complexity index is 1860. The van der Waals surface area contributed by atoms with Crippen LogP contribution in [0.3, 0.4) is 0 Å². The number of urea groups is 1. The molecule has 0 atom stereocenters. The molecule has 0 aliphatic rings. The minimum absolute atomic E-state index is 0.204. The maximum absolute atomic E-state index is 13.3. The van der Waals surface area contributed by atoms with Gasteiger partial charge in [0.05, 0.1) is 47.8 Å². The number of nitrogens with one attached hydrogen (secondary N) is 3. The molecule has 0 saturated carbocycles. The van der Waals surface area contributed by atoms with Crippen LogP contribution in [0.15, 0.2) is 73.3 Å². The monoisotopic (exact) mass is 558 g/mol. The lowest BCUT2D eigenvalue weighted by Gasteiger charge is -2.24. The van der Waals surface area contributed by atoms with Gasteiger partial charge in [0.1, 0.15) is 11.8 Å². The number of imidazole rings is 1. The van der Waals surface area contributed by atoms with Crippen molar-refractivity contribution in [1.29, 1.82) is 0 Å². The molecule has 2 amide bonds. The minimum Gasteiger partial charge on any atom is -0.492 e. The first-order valence-corrected chi connectivity index (χ1v) is 14.4. The lowest BCUT2D eigenvalue weighted by molar-refractivity contribution is 0.262. The molecule has 0 aliphatic heterocycles. The van der Waals surface area contributed by atoms with Crippen molar-refractivity contribution in [3.8, 4) is 11.4 Å². The zero-order valence-electron chi connectivity index (χ0n) is 22.8. The van der Waals surface area contributed by atoms with Crippen molar-refractivity contribution in [2.45, 2.75) is 26.2 Å². The molecule has 2 heterocycles. The van der Waals surface area contributed by atoms with Crippen molar-refractivity contribution >= 4 is 54.9 Å². The van der Waals surface area contributed by atoms with Crippen molar-refractivity contribution in [2.75, 3.05) is 28.7 Å². The predicted molar refractivity (Wildman–Crippen MR) is 159 cm³/mol. The summed E-state index contributed by atoms with van der Waals surface area (Å²) >= 11 is 0. The molecular formula is C29H30N6O4S. The molecule has 3 aromatic carbocycles. The first-order chi connectivity index (χ1) is 18.9. The number of pyridine rings is 1. The number of aromatic nitrogens is 3. The van der Waals surface area contributed by atoms with Crippen LogP contribution in [0.5, 0.6) is 5.75 Å². The Hall–Kier alpha value is -4.64. The minimum atomic E-state index is -3.59. The van der Waals surface area contributed by atoms with Crippen LogP contribution >= 0.6 is 0 Å². The van der Waals surface area contributed by atoms with Gasteiger partial charge in [-0.15, -0.1) is 0 Å². The van der Waals surface area contributed by atoms with Crippen LogP contribution < -0.4 is 20.1 Å². The van der Waals surface area contributed by atoms with Gasteiger partial charge >= 0.3 is 6.03 Å². The van der Waals surface area contributed by atoms with Crippen LogP contribution in [0.2, 0.25) is 0 Å². The second kappa shape index (κ2) is 10.2. The summed E-state index contributed by atoms with van der Waals surface area (Å²) in [7, 11) is -2.17. The number of sulfonamides is 1. The molecule has 0 saturated heterocycles. The van der Waals surface area contributed by atoms with Crippen LogP contribution in [-0.2, 0) is 15.4 Å². The second-order valence-corrected chi connectivity index (χ2v) is 12.2. The third-order valence-electron chi connectivity index (χ3n) is 6.46. The Morgan fingerprint density at radius 1 is 0.950 bits per heavy atom. The number of fused-ring (bicyclic) bond motifs is 2. The number of nitrogens with zero attached hydrogens (tertiary/aromatic N) is 3. The summed E-state index contributed by atoms with van der Waals surface area (Å²) in [5.74, 6) is 0.204. The van der Waals surface area contributed by atoms with E-state index in [0.29, 0.717) is 11.4 Å². The lowest BCUT2D eigenvalue weighted by Crippen LogP contribution is -2.22. The number of amides is 2. The number of rotatable bonds is 6. The highest BCUT2D eigenvalue weighted by Gasteiger charge is 2.22. The molecule has 0 unspecified atom stereocenters. The third-order valence-corrected chi connectivity index (χ3v) is 7.05. The van der Waals surface area contributed by atoms with E-state index >= 15 is 0 Å². The summed E-state index contributed by atoms with van der Waals surface area (Å²) in [5.41, 5.74) is 4.27. The van der Waals surface area contributed by atoms with Gasteiger partial charge in [-0.1, -0.05) is 45.0 Å². The van der Waals surface area contributed by atoms with Gasteiger partial charge in [0, 0.05) is 17.0 Å². The molecule has 2 aromatic heterocycles. The van der Waals surface area contributed by atoms with Gasteiger partial charge in [-0.2, -0.15) is 0 Å². The molecule has 11 heteroatoms. The normalized spacial score (nSPS) is 11.9. The van der Waals surface area contributed by atoms with Gasteiger partial charge < -0.3 is 15.4 Å². The van der Waals surface area contributed by atoms with Gasteiger partial charge in [-0.05, 0) is 41.3 Å². The number of ether oxygens (including phenoxy) is 1. The molecule has 0 aliphatic carbocycles. The van der Waals surface area contributed by atoms with Crippen LogP contribution in [-0.4, -0.2) is 42.3 Å². The molecule has 0 spiro atoms. The number of benzene rings is 3. The Morgan fingerprint density at radius 2 is 1.65 bits per heavy atom. The van der Waals surface area contributed by atoms with Crippen LogP contribution in [0, 0.1) is 0 Å². The Labute approximate surface area is 232 Å². The highest BCUT2D eigenvalue weighted by molar-refractivity contribution is 7.92. The fraction of sp³-hybridized carbons (Fsp3) is 0.207. The summed E-state index contributed by atoms with van der Waals surface area (Å²) in [6.07, 6.45) is 6.26. The van der Waals surface area contributed by atoms with E-state index in [1.807, 2.05) is 67.8 Å². The summed E-state index contributed by atoms with van der Waals surface area (Å²) in [4.78, 5) is 21.9. The number of hydrogen-bond donors (Lipinski definition) is 3. The lowest BCUT2D eigenvalue weighted by atomic mass is 9.86. The van der Waals surface area contributed by atoms with Crippen LogP contribution in [0.1, 0.15) is 26.3 Å². The Morgan fingerprint density at radius 3 is 2.35 bits per heavy atom. The average Bonchev–Trinajstić information content (AvgIpc) is 3.31. The molecule has 40 heavy (non-hydrogen) atoms. The Kier molecular flexibility index (Phi) is 6.84. The third kappa shape index (κ3) is 5.41. The van der Waals surface area contributed by atoms with E-state index < -0.39 is 16.1 Å². The fourth-order valence-corrected chi connectivity index (χ4v) is 5.14. The molecular weight excluding hydrogens is 528 g/mol. The standard InChI is InChI=1S/C29H30N6O4S/c1-29(2,3)18-14-22(27(39-4)23(15-18)34-40(5,37)38)33-28(36)32-21-10-11-25(20-9-7-6-8-19(20)21)35-17-31-24-16-30-13-12-26(24)35/h6-17,34H,1-5H3,(H2,32,33,36). The molecule has 0 radical (unpaired) electrons. The fourth-order valence-electron chi connectivity index (χ4n) is 4.58. The van der Waals surface area contributed by atoms with Gasteiger partial charge in [0.15, 0.2) is 5.75 Å². The molecule has 3 N–H and O–H groups in total. The van der Waals surface area contributed by atoms with Crippen molar-refractivity contribution in [3.05, 3.63) is 78.9 Å². The molecule has 5 rings (SSSR count). The second-order valence-electron chi connectivity index (χ2n) is 10.5. The number of carbonyl (C=O) groups excluding carboxylic acids is 1. The smallest absolute Gasteiger partial charge is 0.323 e. The van der Waals surface area contributed by atoms with E-state index in [1.165, 1.54) is 7.11 Å². The number of anilines is 3. The topological polar surface area (TPSA) is 127 Å². The molecule has 0 bridgehead atoms. The van der Waals surface area contributed by atoms with Crippen LogP contribution in [0.25, 0.3) is 27.5 Å². The first-order valence-electron chi connectivity index (χ1n) is 12.5. The average molecular weight is 559 g/mol. The zero-order valence-corrected chi connectivity index (χ0v) is 23.6. The van der Waals surface area contributed by atoms with Crippen molar-refractivity contribution in [1.82, 2.24) is 14.5 Å². The largest absolute Gasteiger partial charge is 0.492 e. The predicted octanol–water partition coefficient (Wildman–Crippen LogP) is 5.90. The summed E-state index contributed by atoms with van der Waals surface area (Å²) in [6, 6.07) is 16.4. The maximum Gasteiger partial charge on any atom is 0.323 e. The van der Waals surface area contributed by atoms with Crippen molar-refractivity contribution in [3.63, 3.8) is 0 Å². The van der Waals surface area contributed by atoms with Crippen molar-refractivity contribution in [2.24, 2.45) is 0 Å². The highest BCUT2D eigenvalue weighted by atomic mass is 32.2. The molecule has 5 aromatic rings. The van der Waals surface area contributed by atoms with Gasteiger partial charge in [0.25, 0.3) is 0 Å². The van der Waals surface area contributed by atoms with E-state index in [4.69, 9.17) is 4.74 Å². The van der Waals surface area contributed by atoms with Gasteiger partial charge in [-0.3, -0.25) is 14.3 Å². The maximum atomic E-state index is 13.3. The quantitative estimate of drug-likeness (QED) is 0.238. The van der Waals surface area contributed by atoms with E-state index in [0.717, 1.165) is 39.3 Å². The van der Waals surface area contributed by atoms with E-state index in [2.05, 4.69) is 25.3 Å². The SMILES string of the molecule is COc1c(NC(=O)Nc2ccc(-n3cnc4cnccc43)c3ccccc23)cc(C(C)(C)C)cc1NS(C)(=O)=O. The number of hydrogen-bond acceptors (Lipinski definition) is 6. The number of carbonyl (C=O) groups is 1. The summed E-state index contributed by atoms with van der Waals surface area (Å²) < 4.78 is 34.1. The summed E-state index contributed by atoms with van der Waals surface area (Å²) in [5, 5.41) is 7.54. The van der Waals surface area contributed by atoms with Crippen molar-refractivity contribution < 1.29 is 17.9 Å². The van der Waals surface area contributed by atoms with E-state index in [1.54, 1.807) is 30.9 Å². The molecule has 10 nitrogen and oxygen atoms in total.